The van der Waals surface area contributed by atoms with Crippen molar-refractivity contribution in [3.63, 3.8) is 0 Å². The number of rotatable bonds is 19. The number of methoxy groups -OCH3 is 1. The lowest BCUT2D eigenvalue weighted by Gasteiger charge is -2.51. The minimum Gasteiger partial charge on any atom is -0.454 e. The molecule has 430 valence electrons. The summed E-state index contributed by atoms with van der Waals surface area (Å²) in [7, 11) is 1.19. The van der Waals surface area contributed by atoms with Crippen molar-refractivity contribution < 1.29 is 138 Å². The van der Waals surface area contributed by atoms with Crippen molar-refractivity contribution in [2.75, 3.05) is 33.5 Å². The smallest absolute Gasteiger partial charge is 0.303 e. The molecule has 13 unspecified atom stereocenters. The average Bonchev–Trinajstić information content (AvgIpc) is 3.36. The van der Waals surface area contributed by atoms with Crippen LogP contribution in [-0.2, 0) is 71.2 Å². The van der Waals surface area contributed by atoms with E-state index in [0.29, 0.717) is 0 Å². The lowest BCUT2D eigenvalue weighted by Crippen LogP contribution is -2.71. The molecule has 16 N–H and O–H groups in total. The number of aliphatic hydroxyl groups excluding tert-OH is 13. The number of hydrogen-bond acceptors (Lipinski definition) is 29. The van der Waals surface area contributed by atoms with Gasteiger partial charge in [-0.1, -0.05) is 13.8 Å². The van der Waals surface area contributed by atoms with Crippen LogP contribution in [0.15, 0.2) is 0 Å². The van der Waals surface area contributed by atoms with Crippen molar-refractivity contribution in [3.05, 3.63) is 0 Å². The second-order valence-corrected chi connectivity index (χ2v) is 19.6. The molecule has 6 saturated heterocycles. The van der Waals surface area contributed by atoms with Gasteiger partial charge in [0.1, 0.15) is 104 Å². The highest BCUT2D eigenvalue weighted by Crippen LogP contribution is 2.39. The number of aliphatic hydroxyl groups is 13. The number of primary amides is 1. The quantitative estimate of drug-likeness (QED) is 0.0534. The normalized spacial score (nSPS) is 49.7. The Balaban J connectivity index is 1.39. The number of hydrogen-bond donors (Lipinski definition) is 15. The fourth-order valence-electron chi connectivity index (χ4n) is 9.71. The van der Waals surface area contributed by atoms with Crippen LogP contribution in [0, 0.1) is 11.8 Å². The molecule has 0 aliphatic carbocycles. The third-order valence-electron chi connectivity index (χ3n) is 14.5. The predicted molar refractivity (Wildman–Crippen MR) is 237 cm³/mol. The Morgan fingerprint density at radius 2 is 1.00 bits per heavy atom. The Hall–Kier alpha value is -2.10. The van der Waals surface area contributed by atoms with Gasteiger partial charge < -0.3 is 134 Å². The zero-order chi connectivity index (χ0) is 54.8. The van der Waals surface area contributed by atoms with Gasteiger partial charge >= 0.3 is 5.97 Å². The maximum absolute atomic E-state index is 12.8. The van der Waals surface area contributed by atoms with Gasteiger partial charge in [0, 0.05) is 25.9 Å². The van der Waals surface area contributed by atoms with Crippen molar-refractivity contribution in [1.82, 2.24) is 5.32 Å². The molecule has 6 aliphatic rings. The van der Waals surface area contributed by atoms with Crippen LogP contribution in [0.3, 0.4) is 0 Å². The molecule has 6 rings (SSSR count). The minimum absolute atomic E-state index is 0.621. The average molecular weight is 1080 g/mol. The molecule has 30 heteroatoms. The predicted octanol–water partition coefficient (Wildman–Crippen LogP) is -8.80. The third kappa shape index (κ3) is 13.1. The summed E-state index contributed by atoms with van der Waals surface area (Å²) < 4.78 is 78.1. The van der Waals surface area contributed by atoms with E-state index in [9.17, 15) is 76.0 Å². The van der Waals surface area contributed by atoms with Crippen molar-refractivity contribution >= 4 is 11.9 Å². The van der Waals surface area contributed by atoms with Crippen molar-refractivity contribution in [2.45, 2.75) is 220 Å². The Morgan fingerprint density at radius 3 is 1.57 bits per heavy atom. The maximum atomic E-state index is 12.8. The molecule has 0 spiro atoms. The van der Waals surface area contributed by atoms with Crippen molar-refractivity contribution in [2.24, 2.45) is 17.6 Å². The van der Waals surface area contributed by atoms with Crippen molar-refractivity contribution in [3.8, 4) is 0 Å². The number of carbonyl (C=O) groups excluding carboxylic acids is 2. The first-order chi connectivity index (χ1) is 34.9. The molecular weight excluding hydrogens is 1000 g/mol. The minimum atomic E-state index is -2.16. The molecule has 30 nitrogen and oxygen atoms in total. The van der Waals surface area contributed by atoms with E-state index in [4.69, 9.17) is 67.3 Å². The first-order valence-corrected chi connectivity index (χ1v) is 24.4. The third-order valence-corrected chi connectivity index (χ3v) is 14.5. The Kier molecular flexibility index (Phi) is 21.7. The van der Waals surface area contributed by atoms with E-state index in [2.05, 4.69) is 5.32 Å². The number of esters is 1. The molecule has 0 aromatic heterocycles. The topological polar surface area (TPSA) is 455 Å². The molecule has 0 bridgehead atoms. The number of amides is 1. The molecule has 6 aliphatic heterocycles. The summed E-state index contributed by atoms with van der Waals surface area (Å²) in [6.45, 7) is 5.43. The molecule has 6 fully saturated rings. The molecule has 6 heterocycles. The highest BCUT2D eigenvalue weighted by molar-refractivity contribution is 5.79. The van der Waals surface area contributed by atoms with Crippen LogP contribution in [0.4, 0.5) is 0 Å². The van der Waals surface area contributed by atoms with Crippen LogP contribution in [0.1, 0.15) is 41.5 Å². The fourth-order valence-corrected chi connectivity index (χ4v) is 9.71. The lowest BCUT2D eigenvalue weighted by atomic mass is 9.89. The molecule has 74 heavy (non-hydrogen) atoms. The fraction of sp³-hybridized carbons (Fsp3) is 0.955. The molecule has 0 radical (unpaired) electrons. The lowest BCUT2D eigenvalue weighted by molar-refractivity contribution is -0.391. The number of ether oxygens (including phenoxy) is 13. The van der Waals surface area contributed by atoms with E-state index in [0.717, 1.165) is 6.92 Å². The number of carbonyl (C=O) groups is 2. The molecule has 0 aromatic rings. The Morgan fingerprint density at radius 1 is 0.500 bits per heavy atom. The van der Waals surface area contributed by atoms with Gasteiger partial charge in [0.2, 0.25) is 5.91 Å². The summed E-state index contributed by atoms with van der Waals surface area (Å²) in [5.41, 5.74) is 5.63. The van der Waals surface area contributed by atoms with Crippen LogP contribution in [0.2, 0.25) is 0 Å². The monoisotopic (exact) mass is 1080 g/mol. The molecule has 0 saturated carbocycles. The largest absolute Gasteiger partial charge is 0.454 e. The Bertz CT molecular complexity index is 1780. The van der Waals surface area contributed by atoms with Gasteiger partial charge in [-0.25, -0.2) is 0 Å². The van der Waals surface area contributed by atoms with Crippen LogP contribution >= 0.6 is 0 Å². The maximum Gasteiger partial charge on any atom is 0.303 e. The zero-order valence-corrected chi connectivity index (χ0v) is 41.7. The highest BCUT2D eigenvalue weighted by Gasteiger charge is 2.58. The standard InChI is InChI=1S/C44H76N2O28/c1-12-15(4)64-44(37(66-17(6)50)33(12)71-39-13(2)23(51)24(52)16(5)65-39)74-36-27(55)21(11-63-41-30(58)28(56)25(53)18(8-47)67-41)70-43(32(36)60)73-35-22(46-14(3)38(45)61)40(62-7)69-20(10-49)34(35)72-42-31(59)29(57)26(54)19(9-48)68-42/h12-16,18-37,39-44,46-49,51-60H,8-11H2,1-7H3,(H2,45,61)/t12-,13?,14?,15?,16?,18?,19?,20?,21?,22?,23+,24-,25+,26+,27+,28-,29-,30?,31?,32?,33-,34-,35+,36-,37?,39-,40-,41-,42+,43-,44-/m0/s1. The van der Waals surface area contributed by atoms with Crippen LogP contribution in [-0.4, -0.2) is 290 Å². The first-order valence-electron chi connectivity index (χ1n) is 24.4. The molecule has 0 aromatic carbocycles. The van der Waals surface area contributed by atoms with Gasteiger partial charge in [-0.2, -0.15) is 0 Å². The highest BCUT2D eigenvalue weighted by atomic mass is 16.8. The second-order valence-electron chi connectivity index (χ2n) is 19.6. The molecular formula is C44H76N2O28. The van der Waals surface area contributed by atoms with Gasteiger partial charge in [0.25, 0.3) is 0 Å². The van der Waals surface area contributed by atoms with Gasteiger partial charge in [-0.05, 0) is 20.8 Å². The zero-order valence-electron chi connectivity index (χ0n) is 41.7. The van der Waals surface area contributed by atoms with E-state index in [1.165, 1.54) is 21.0 Å². The number of nitrogens with one attached hydrogen (secondary N) is 1. The summed E-state index contributed by atoms with van der Waals surface area (Å²) in [5, 5.41) is 143. The van der Waals surface area contributed by atoms with Gasteiger partial charge in [-0.3, -0.25) is 14.9 Å². The van der Waals surface area contributed by atoms with E-state index in [1.807, 2.05) is 0 Å². The SMILES string of the molecule is CO[C@H]1OC(CO)[C@H](O[C@H]2OC(CO)[C@@H](O)[C@H](O)C2O)[C@H](O[C@@H]2OC(CO[C@H]3OC(CO)[C@@H](O)[C@H](O)C3O)[C@@H](O)[C@H](O[C@@H]3OC(C)[C@H](C)[C@H](O[C@@H]4OC(C)[C@H](O)[C@H](O)C4C)C3OC(C)=O)C2O)C1NC(C)C(N)=O. The summed E-state index contributed by atoms with van der Waals surface area (Å²) in [5.74, 6) is -3.21. The summed E-state index contributed by atoms with van der Waals surface area (Å²) in [6.07, 6.45) is -44.3. The van der Waals surface area contributed by atoms with Gasteiger partial charge in [0.05, 0.1) is 56.8 Å². The van der Waals surface area contributed by atoms with E-state index in [-0.39, 0.29) is 0 Å². The van der Waals surface area contributed by atoms with Gasteiger partial charge in [0.15, 0.2) is 43.8 Å². The molecule has 1 amide bonds. The summed E-state index contributed by atoms with van der Waals surface area (Å²) in [6, 6.07) is -2.66. The number of nitrogens with two attached hydrogens (primary N) is 1. The van der Waals surface area contributed by atoms with Crippen molar-refractivity contribution in [1.29, 1.82) is 0 Å². The van der Waals surface area contributed by atoms with Gasteiger partial charge in [-0.15, -0.1) is 0 Å². The molecule has 31 atom stereocenters. The van der Waals surface area contributed by atoms with Crippen LogP contribution in [0.25, 0.3) is 0 Å². The van der Waals surface area contributed by atoms with Crippen LogP contribution in [0.5, 0.6) is 0 Å². The first kappa shape index (κ1) is 61.1. The summed E-state index contributed by atoms with van der Waals surface area (Å²) in [4.78, 5) is 25.4. The van der Waals surface area contributed by atoms with E-state index in [1.54, 1.807) is 20.8 Å². The van der Waals surface area contributed by atoms with E-state index < -0.39 is 228 Å². The second kappa shape index (κ2) is 26.2. The summed E-state index contributed by atoms with van der Waals surface area (Å²) >= 11 is 0. The van der Waals surface area contributed by atoms with Crippen LogP contribution < -0.4 is 11.1 Å². The Labute approximate surface area is 424 Å². The van der Waals surface area contributed by atoms with E-state index >= 15 is 0 Å².